The highest BCUT2D eigenvalue weighted by atomic mass is 32.2. The third-order valence-corrected chi connectivity index (χ3v) is 8.29. The summed E-state index contributed by atoms with van der Waals surface area (Å²) in [5.74, 6) is -0.909. The number of aromatic carboxylic acids is 1. The number of nitrogens with zero attached hydrogens (tertiary/aromatic N) is 1. The molecule has 0 saturated carbocycles. The van der Waals surface area contributed by atoms with Crippen LogP contribution in [0.3, 0.4) is 0 Å². The Bertz CT molecular complexity index is 970. The number of hydrogen-bond donors (Lipinski definition) is 2. The molecule has 0 radical (unpaired) electrons. The molecule has 1 aliphatic rings. The third-order valence-electron chi connectivity index (χ3n) is 5.38. The fraction of sp³-hybridized carbons (Fsp3) is 0.500. The maximum Gasteiger partial charge on any atom is 0.345 e. The van der Waals surface area contributed by atoms with Gasteiger partial charge in [-0.3, -0.25) is 4.31 Å². The fourth-order valence-corrected chi connectivity index (χ4v) is 6.33. The van der Waals surface area contributed by atoms with Gasteiger partial charge in [0.05, 0.1) is 36.8 Å². The Morgan fingerprint density at radius 2 is 1.97 bits per heavy atom. The van der Waals surface area contributed by atoms with Gasteiger partial charge in [0, 0.05) is 4.88 Å². The Morgan fingerprint density at radius 1 is 1.23 bits per heavy atom. The number of thiophene rings is 1. The van der Waals surface area contributed by atoms with E-state index in [1.807, 2.05) is 0 Å². The van der Waals surface area contributed by atoms with Gasteiger partial charge in [-0.05, 0) is 42.7 Å². The summed E-state index contributed by atoms with van der Waals surface area (Å²) in [5.41, 5.74) is 1.36. The molecule has 1 saturated heterocycles. The second-order valence-corrected chi connectivity index (χ2v) is 10.9. The number of rotatable bonds is 11. The summed E-state index contributed by atoms with van der Waals surface area (Å²) in [5, 5.41) is 19.3. The Labute approximate surface area is 187 Å². The van der Waals surface area contributed by atoms with E-state index in [2.05, 4.69) is 6.92 Å². The predicted octanol–water partition coefficient (Wildman–Crippen LogP) is 4.19. The summed E-state index contributed by atoms with van der Waals surface area (Å²) in [4.78, 5) is 12.0. The number of sulfonamides is 1. The van der Waals surface area contributed by atoms with Crippen LogP contribution in [0, 0.1) is 0 Å². The second-order valence-electron chi connectivity index (χ2n) is 7.74. The lowest BCUT2D eigenvalue weighted by Gasteiger charge is -2.25. The maximum absolute atomic E-state index is 12.6. The molecule has 170 valence electrons. The average molecular weight is 468 g/mol. The number of unbranched alkanes of at least 4 members (excludes halogenated alkanes) is 2. The highest BCUT2D eigenvalue weighted by Crippen LogP contribution is 2.31. The van der Waals surface area contributed by atoms with Crippen molar-refractivity contribution in [2.75, 3.05) is 16.7 Å². The van der Waals surface area contributed by atoms with Gasteiger partial charge in [-0.25, -0.2) is 13.2 Å². The largest absolute Gasteiger partial charge is 0.477 e. The molecule has 0 spiro atoms. The molecule has 7 nitrogen and oxygen atoms in total. The van der Waals surface area contributed by atoms with E-state index in [1.54, 1.807) is 30.3 Å². The molecule has 1 aliphatic heterocycles. The van der Waals surface area contributed by atoms with Crippen LogP contribution < -0.4 is 4.31 Å². The first-order chi connectivity index (χ1) is 14.8. The highest BCUT2D eigenvalue weighted by molar-refractivity contribution is 7.93. The van der Waals surface area contributed by atoms with E-state index >= 15 is 0 Å². The Balaban J connectivity index is 1.62. The van der Waals surface area contributed by atoms with Crippen molar-refractivity contribution in [3.63, 3.8) is 0 Å². The standard InChI is InChI=1S/C22H29NO6S2/c1-2-3-4-5-20(24)16-6-8-17(9-7-16)23-18(12-13-31(23,27)28)14-29-15-19-10-11-21(30-19)22(25)26/h6-11,18,20,24H,2-5,12-15H2,1H3,(H,25,26). The molecule has 2 atom stereocenters. The van der Waals surface area contributed by atoms with Gasteiger partial charge in [0.1, 0.15) is 4.88 Å². The molecule has 9 heteroatoms. The van der Waals surface area contributed by atoms with Crippen LogP contribution in [0.25, 0.3) is 0 Å². The van der Waals surface area contributed by atoms with E-state index in [1.165, 1.54) is 10.4 Å². The van der Waals surface area contributed by atoms with Gasteiger partial charge in [0.2, 0.25) is 10.0 Å². The summed E-state index contributed by atoms with van der Waals surface area (Å²) in [7, 11) is -3.43. The lowest BCUT2D eigenvalue weighted by Crippen LogP contribution is -2.36. The van der Waals surface area contributed by atoms with E-state index in [4.69, 9.17) is 9.84 Å². The lowest BCUT2D eigenvalue weighted by molar-refractivity contribution is 0.0702. The van der Waals surface area contributed by atoms with Crippen LogP contribution in [-0.4, -0.2) is 43.0 Å². The van der Waals surface area contributed by atoms with E-state index in [9.17, 15) is 18.3 Å². The first-order valence-electron chi connectivity index (χ1n) is 10.5. The molecular formula is C22H29NO6S2. The summed E-state index contributed by atoms with van der Waals surface area (Å²) in [6.45, 7) is 2.58. The van der Waals surface area contributed by atoms with Crippen LogP contribution in [-0.2, 0) is 21.4 Å². The second kappa shape index (κ2) is 10.6. The van der Waals surface area contributed by atoms with E-state index in [0.717, 1.165) is 41.0 Å². The predicted molar refractivity (Wildman–Crippen MR) is 121 cm³/mol. The van der Waals surface area contributed by atoms with Crippen LogP contribution in [0.5, 0.6) is 0 Å². The Kier molecular flexibility index (Phi) is 8.10. The number of carboxylic acids is 1. The van der Waals surface area contributed by atoms with Crippen molar-refractivity contribution in [1.29, 1.82) is 0 Å². The van der Waals surface area contributed by atoms with Gasteiger partial charge < -0.3 is 14.9 Å². The lowest BCUT2D eigenvalue weighted by atomic mass is 10.0. The van der Waals surface area contributed by atoms with Crippen molar-refractivity contribution in [3.8, 4) is 0 Å². The van der Waals surface area contributed by atoms with Crippen molar-refractivity contribution in [2.24, 2.45) is 0 Å². The molecule has 1 aromatic heterocycles. The number of anilines is 1. The molecule has 2 heterocycles. The van der Waals surface area contributed by atoms with Crippen molar-refractivity contribution in [1.82, 2.24) is 0 Å². The molecule has 3 rings (SSSR count). The first kappa shape index (κ1) is 23.7. The van der Waals surface area contributed by atoms with Crippen molar-refractivity contribution < 1.29 is 28.2 Å². The van der Waals surface area contributed by atoms with Gasteiger partial charge in [0.25, 0.3) is 0 Å². The fourth-order valence-electron chi connectivity index (χ4n) is 3.71. The molecule has 0 bridgehead atoms. The Hall–Kier alpha value is -1.94. The topological polar surface area (TPSA) is 104 Å². The summed E-state index contributed by atoms with van der Waals surface area (Å²) < 4.78 is 32.4. The van der Waals surface area contributed by atoms with Crippen LogP contribution in [0.4, 0.5) is 5.69 Å². The average Bonchev–Trinajstić information content (AvgIpc) is 3.33. The number of ether oxygens (including phenoxy) is 1. The number of benzene rings is 1. The maximum atomic E-state index is 12.6. The minimum atomic E-state index is -3.43. The third kappa shape index (κ3) is 6.06. The molecule has 0 amide bonds. The first-order valence-corrected chi connectivity index (χ1v) is 12.9. The van der Waals surface area contributed by atoms with Crippen molar-refractivity contribution in [2.45, 2.75) is 57.8 Å². The molecule has 2 N–H and O–H groups in total. The zero-order chi connectivity index (χ0) is 22.4. The quantitative estimate of drug-likeness (QED) is 0.480. The molecule has 2 aromatic rings. The normalized spacial score (nSPS) is 18.9. The van der Waals surface area contributed by atoms with Crippen molar-refractivity contribution >= 4 is 33.0 Å². The molecule has 0 aliphatic carbocycles. The van der Waals surface area contributed by atoms with Crippen LogP contribution in [0.1, 0.15) is 65.2 Å². The smallest absolute Gasteiger partial charge is 0.345 e. The van der Waals surface area contributed by atoms with Gasteiger partial charge in [-0.2, -0.15) is 0 Å². The zero-order valence-corrected chi connectivity index (χ0v) is 19.2. The molecule has 31 heavy (non-hydrogen) atoms. The monoisotopic (exact) mass is 467 g/mol. The number of carboxylic acid groups (broad SMARTS) is 1. The van der Waals surface area contributed by atoms with Gasteiger partial charge in [-0.15, -0.1) is 11.3 Å². The minimum Gasteiger partial charge on any atom is -0.477 e. The van der Waals surface area contributed by atoms with Crippen LogP contribution >= 0.6 is 11.3 Å². The SMILES string of the molecule is CCCCCC(O)c1ccc(N2C(COCc3ccc(C(=O)O)s3)CCS2(=O)=O)cc1. The van der Waals surface area contributed by atoms with E-state index in [0.29, 0.717) is 18.5 Å². The molecule has 1 fully saturated rings. The minimum absolute atomic E-state index is 0.0601. The summed E-state index contributed by atoms with van der Waals surface area (Å²) >= 11 is 1.15. The molecule has 2 unspecified atom stereocenters. The number of hydrogen-bond acceptors (Lipinski definition) is 6. The Morgan fingerprint density at radius 3 is 2.61 bits per heavy atom. The number of aliphatic hydroxyl groups excluding tert-OH is 1. The molecule has 1 aromatic carbocycles. The van der Waals surface area contributed by atoms with E-state index in [-0.39, 0.29) is 29.9 Å². The zero-order valence-electron chi connectivity index (χ0n) is 17.6. The molecular weight excluding hydrogens is 438 g/mol. The van der Waals surface area contributed by atoms with Gasteiger partial charge >= 0.3 is 5.97 Å². The van der Waals surface area contributed by atoms with Gasteiger partial charge in [0.15, 0.2) is 0 Å². The van der Waals surface area contributed by atoms with Crippen LogP contribution in [0.15, 0.2) is 36.4 Å². The highest BCUT2D eigenvalue weighted by Gasteiger charge is 2.37. The van der Waals surface area contributed by atoms with Crippen molar-refractivity contribution in [3.05, 3.63) is 51.7 Å². The van der Waals surface area contributed by atoms with Gasteiger partial charge in [-0.1, -0.05) is 38.3 Å². The summed E-state index contributed by atoms with van der Waals surface area (Å²) in [6.07, 6.45) is 3.74. The summed E-state index contributed by atoms with van der Waals surface area (Å²) in [6, 6.07) is 9.99. The van der Waals surface area contributed by atoms with Crippen LogP contribution in [0.2, 0.25) is 0 Å². The number of carbonyl (C=O) groups is 1. The van der Waals surface area contributed by atoms with E-state index < -0.39 is 22.1 Å². The number of aliphatic hydroxyl groups is 1.